The lowest BCUT2D eigenvalue weighted by molar-refractivity contribution is 0.478. The highest BCUT2D eigenvalue weighted by Gasteiger charge is 2.05. The predicted molar refractivity (Wildman–Crippen MR) is 90.4 cm³/mol. The SMILES string of the molecule is Cc1ccc(Cc2ccc(=O)[nH]n2)cc1Oc1ccc(Cl)cc1. The number of nitrogens with one attached hydrogen (secondary N) is 1. The highest BCUT2D eigenvalue weighted by atomic mass is 35.5. The lowest BCUT2D eigenvalue weighted by Crippen LogP contribution is -2.07. The molecule has 5 heteroatoms. The minimum Gasteiger partial charge on any atom is -0.457 e. The maximum atomic E-state index is 11.1. The van der Waals surface area contributed by atoms with Gasteiger partial charge in [0.2, 0.25) is 0 Å². The topological polar surface area (TPSA) is 55.0 Å². The van der Waals surface area contributed by atoms with Crippen molar-refractivity contribution in [3.05, 3.63) is 86.8 Å². The van der Waals surface area contributed by atoms with Crippen LogP contribution in [0.25, 0.3) is 0 Å². The Morgan fingerprint density at radius 1 is 1.09 bits per heavy atom. The molecule has 0 bridgehead atoms. The average molecular weight is 327 g/mol. The number of aryl methyl sites for hydroxylation is 1. The number of hydrogen-bond acceptors (Lipinski definition) is 3. The van der Waals surface area contributed by atoms with Crippen LogP contribution in [0.5, 0.6) is 11.5 Å². The van der Waals surface area contributed by atoms with E-state index >= 15 is 0 Å². The summed E-state index contributed by atoms with van der Waals surface area (Å²) >= 11 is 5.88. The average Bonchev–Trinajstić information content (AvgIpc) is 2.55. The third-order valence-corrected chi connectivity index (χ3v) is 3.67. The molecule has 0 amide bonds. The molecular weight excluding hydrogens is 312 g/mol. The van der Waals surface area contributed by atoms with Crippen LogP contribution in [0, 0.1) is 6.92 Å². The van der Waals surface area contributed by atoms with Crippen LogP contribution < -0.4 is 10.3 Å². The van der Waals surface area contributed by atoms with E-state index in [0.29, 0.717) is 11.4 Å². The lowest BCUT2D eigenvalue weighted by atomic mass is 10.1. The number of ether oxygens (including phenoxy) is 1. The second-order valence-corrected chi connectivity index (χ2v) is 5.68. The molecule has 23 heavy (non-hydrogen) atoms. The molecule has 3 aromatic rings. The van der Waals surface area contributed by atoms with Gasteiger partial charge in [-0.1, -0.05) is 23.7 Å². The second kappa shape index (κ2) is 6.67. The third-order valence-electron chi connectivity index (χ3n) is 3.42. The summed E-state index contributed by atoms with van der Waals surface area (Å²) in [4.78, 5) is 11.1. The predicted octanol–water partition coefficient (Wildman–Crippen LogP) is 4.11. The molecule has 4 nitrogen and oxygen atoms in total. The number of halogens is 1. The van der Waals surface area contributed by atoms with Crippen LogP contribution in [0.2, 0.25) is 5.02 Å². The molecule has 0 saturated heterocycles. The fourth-order valence-electron chi connectivity index (χ4n) is 2.17. The molecule has 0 fully saturated rings. The first kappa shape index (κ1) is 15.3. The fraction of sp³-hybridized carbons (Fsp3) is 0.111. The van der Waals surface area contributed by atoms with Gasteiger partial charge in [-0.3, -0.25) is 4.79 Å². The maximum Gasteiger partial charge on any atom is 0.264 e. The Bertz CT molecular complexity index is 852. The molecule has 0 unspecified atom stereocenters. The van der Waals surface area contributed by atoms with Gasteiger partial charge in [-0.2, -0.15) is 5.10 Å². The van der Waals surface area contributed by atoms with Crippen LogP contribution in [-0.2, 0) is 6.42 Å². The molecule has 0 aliphatic carbocycles. The molecule has 0 saturated carbocycles. The van der Waals surface area contributed by atoms with Gasteiger partial charge >= 0.3 is 0 Å². The standard InChI is InChI=1S/C18H15ClN2O2/c1-12-2-3-13(10-15-6-9-18(22)21-20-15)11-17(12)23-16-7-4-14(19)5-8-16/h2-9,11H,10H2,1H3,(H,21,22). The van der Waals surface area contributed by atoms with E-state index in [-0.39, 0.29) is 5.56 Å². The fourth-order valence-corrected chi connectivity index (χ4v) is 2.30. The normalized spacial score (nSPS) is 10.5. The van der Waals surface area contributed by atoms with Crippen LogP contribution in [0.15, 0.2) is 59.4 Å². The van der Waals surface area contributed by atoms with Crippen molar-refractivity contribution in [1.29, 1.82) is 0 Å². The van der Waals surface area contributed by atoms with Crippen molar-refractivity contribution in [2.24, 2.45) is 0 Å². The van der Waals surface area contributed by atoms with Crippen LogP contribution in [0.4, 0.5) is 0 Å². The van der Waals surface area contributed by atoms with Crippen molar-refractivity contribution in [2.75, 3.05) is 0 Å². The molecule has 0 spiro atoms. The van der Waals surface area contributed by atoms with E-state index in [4.69, 9.17) is 16.3 Å². The van der Waals surface area contributed by atoms with Gasteiger partial charge in [0.25, 0.3) is 5.56 Å². The van der Waals surface area contributed by atoms with Gasteiger partial charge in [0.1, 0.15) is 11.5 Å². The van der Waals surface area contributed by atoms with Crippen molar-refractivity contribution in [2.45, 2.75) is 13.3 Å². The first-order chi connectivity index (χ1) is 11.1. The summed E-state index contributed by atoms with van der Waals surface area (Å²) in [6, 6.07) is 16.5. The first-order valence-corrected chi connectivity index (χ1v) is 7.55. The van der Waals surface area contributed by atoms with Crippen molar-refractivity contribution < 1.29 is 4.74 Å². The minimum atomic E-state index is -0.204. The van der Waals surface area contributed by atoms with Gasteiger partial charge in [0.05, 0.1) is 5.69 Å². The van der Waals surface area contributed by atoms with Crippen LogP contribution in [0.3, 0.4) is 0 Å². The molecule has 0 aliphatic rings. The number of H-pyrrole nitrogens is 1. The summed E-state index contributed by atoms with van der Waals surface area (Å²) in [6.07, 6.45) is 0.619. The highest BCUT2D eigenvalue weighted by Crippen LogP contribution is 2.27. The Morgan fingerprint density at radius 2 is 1.87 bits per heavy atom. The zero-order valence-corrected chi connectivity index (χ0v) is 13.3. The van der Waals surface area contributed by atoms with Gasteiger partial charge in [-0.15, -0.1) is 0 Å². The van der Waals surface area contributed by atoms with E-state index in [1.165, 1.54) is 6.07 Å². The smallest absolute Gasteiger partial charge is 0.264 e. The molecule has 0 radical (unpaired) electrons. The Kier molecular flexibility index (Phi) is 4.44. The van der Waals surface area contributed by atoms with Crippen molar-refractivity contribution in [3.63, 3.8) is 0 Å². The van der Waals surface area contributed by atoms with Crippen LogP contribution >= 0.6 is 11.6 Å². The van der Waals surface area contributed by atoms with Gasteiger partial charge < -0.3 is 4.74 Å². The minimum absolute atomic E-state index is 0.204. The summed E-state index contributed by atoms with van der Waals surface area (Å²) in [5, 5.41) is 7.14. The van der Waals surface area contributed by atoms with Crippen molar-refractivity contribution in [3.8, 4) is 11.5 Å². The number of hydrogen-bond donors (Lipinski definition) is 1. The zero-order valence-electron chi connectivity index (χ0n) is 12.5. The molecule has 116 valence electrons. The summed E-state index contributed by atoms with van der Waals surface area (Å²) in [6.45, 7) is 1.99. The van der Waals surface area contributed by atoms with Gasteiger partial charge in [-0.25, -0.2) is 5.10 Å². The number of rotatable bonds is 4. The van der Waals surface area contributed by atoms with Crippen molar-refractivity contribution in [1.82, 2.24) is 10.2 Å². The summed E-state index contributed by atoms with van der Waals surface area (Å²) in [5.41, 5.74) is 2.69. The molecule has 2 aromatic carbocycles. The summed E-state index contributed by atoms with van der Waals surface area (Å²) in [5.74, 6) is 1.52. The molecule has 0 atom stereocenters. The maximum absolute atomic E-state index is 11.1. The molecule has 0 aliphatic heterocycles. The largest absolute Gasteiger partial charge is 0.457 e. The van der Waals surface area contributed by atoms with E-state index in [9.17, 15) is 4.79 Å². The van der Waals surface area contributed by atoms with E-state index in [0.717, 1.165) is 28.3 Å². The van der Waals surface area contributed by atoms with E-state index in [1.54, 1.807) is 18.2 Å². The summed E-state index contributed by atoms with van der Waals surface area (Å²) < 4.78 is 5.92. The Morgan fingerprint density at radius 3 is 2.57 bits per heavy atom. The van der Waals surface area contributed by atoms with E-state index in [2.05, 4.69) is 10.2 Å². The van der Waals surface area contributed by atoms with Gasteiger partial charge in [0.15, 0.2) is 0 Å². The van der Waals surface area contributed by atoms with E-state index in [1.807, 2.05) is 37.3 Å². The van der Waals surface area contributed by atoms with Crippen molar-refractivity contribution >= 4 is 11.6 Å². The number of nitrogens with zero attached hydrogens (tertiary/aromatic N) is 1. The molecular formula is C18H15ClN2O2. The Balaban J connectivity index is 1.82. The zero-order chi connectivity index (χ0) is 16.2. The molecule has 1 aromatic heterocycles. The Hall–Kier alpha value is -2.59. The molecule has 1 heterocycles. The van der Waals surface area contributed by atoms with Crippen LogP contribution in [0.1, 0.15) is 16.8 Å². The molecule has 1 N–H and O–H groups in total. The third kappa shape index (κ3) is 3.99. The number of aromatic nitrogens is 2. The highest BCUT2D eigenvalue weighted by molar-refractivity contribution is 6.30. The van der Waals surface area contributed by atoms with Gasteiger partial charge in [0, 0.05) is 17.5 Å². The van der Waals surface area contributed by atoms with E-state index < -0.39 is 0 Å². The molecule has 3 rings (SSSR count). The summed E-state index contributed by atoms with van der Waals surface area (Å²) in [7, 11) is 0. The Labute approximate surface area is 138 Å². The number of aromatic amines is 1. The van der Waals surface area contributed by atoms with Gasteiger partial charge in [-0.05, 0) is 54.4 Å². The monoisotopic (exact) mass is 326 g/mol. The first-order valence-electron chi connectivity index (χ1n) is 7.18. The number of benzene rings is 2. The quantitative estimate of drug-likeness (QED) is 0.784. The lowest BCUT2D eigenvalue weighted by Gasteiger charge is -2.11. The van der Waals surface area contributed by atoms with Crippen LogP contribution in [-0.4, -0.2) is 10.2 Å². The second-order valence-electron chi connectivity index (χ2n) is 5.25.